The fourth-order valence-corrected chi connectivity index (χ4v) is 4.11. The average molecular weight is 452 g/mol. The molecule has 1 aromatic carbocycles. The first-order valence-electron chi connectivity index (χ1n) is 10.1. The Morgan fingerprint density at radius 2 is 1.91 bits per heavy atom. The number of hydrogen-bond acceptors (Lipinski definition) is 6. The monoisotopic (exact) mass is 451 g/mol. The number of halogens is 1. The number of carboxylic acid groups (broad SMARTS) is 1. The van der Waals surface area contributed by atoms with Crippen LogP contribution in [0.25, 0.3) is 0 Å². The van der Waals surface area contributed by atoms with E-state index in [4.69, 9.17) is 0 Å². The summed E-state index contributed by atoms with van der Waals surface area (Å²) in [5.41, 5.74) is 2.46. The Morgan fingerprint density at radius 3 is 2.62 bits per heavy atom. The summed E-state index contributed by atoms with van der Waals surface area (Å²) in [6.45, 7) is 3.12. The quantitative estimate of drug-likeness (QED) is 0.402. The van der Waals surface area contributed by atoms with Gasteiger partial charge >= 0.3 is 5.97 Å². The molecule has 0 atom stereocenters. The molecule has 4 aromatic rings. The van der Waals surface area contributed by atoms with Crippen molar-refractivity contribution in [3.8, 4) is 0 Å². The van der Waals surface area contributed by atoms with E-state index in [2.05, 4.69) is 26.6 Å². The molecule has 0 bridgehead atoms. The molecule has 0 aliphatic heterocycles. The fraction of sp³-hybridized carbons (Fsp3) is 0.217. The summed E-state index contributed by atoms with van der Waals surface area (Å²) in [6.07, 6.45) is 0.660. The van der Waals surface area contributed by atoms with Crippen LogP contribution < -0.4 is 5.32 Å². The maximum atomic E-state index is 13.3. The third-order valence-corrected chi connectivity index (χ3v) is 5.79. The first-order chi connectivity index (χ1) is 15.5. The number of benzene rings is 1. The number of nitrogens with zero attached hydrogens (tertiary/aromatic N) is 4. The largest absolute Gasteiger partial charge is 0.478 e. The molecule has 0 amide bonds. The summed E-state index contributed by atoms with van der Waals surface area (Å²) < 4.78 is 15.4. The van der Waals surface area contributed by atoms with E-state index in [0.717, 1.165) is 17.2 Å². The first-order valence-corrected chi connectivity index (χ1v) is 11.0. The number of rotatable bonds is 9. The minimum Gasteiger partial charge on any atom is -0.478 e. The maximum absolute atomic E-state index is 13.3. The van der Waals surface area contributed by atoms with Crippen LogP contribution in [-0.4, -0.2) is 30.8 Å². The van der Waals surface area contributed by atoms with Crippen LogP contribution in [0.5, 0.6) is 0 Å². The average Bonchev–Trinajstić information content (AvgIpc) is 3.40. The number of pyridine rings is 1. The van der Waals surface area contributed by atoms with Crippen molar-refractivity contribution >= 4 is 17.3 Å². The molecule has 0 spiro atoms. The van der Waals surface area contributed by atoms with Gasteiger partial charge in [0, 0.05) is 23.5 Å². The molecule has 0 saturated carbocycles. The second-order valence-electron chi connectivity index (χ2n) is 7.40. The van der Waals surface area contributed by atoms with Gasteiger partial charge in [0.25, 0.3) is 0 Å². The number of carbonyl (C=O) groups is 1. The van der Waals surface area contributed by atoms with Crippen molar-refractivity contribution in [3.63, 3.8) is 0 Å². The van der Waals surface area contributed by atoms with Gasteiger partial charge in [-0.2, -0.15) is 0 Å². The van der Waals surface area contributed by atoms with Crippen molar-refractivity contribution in [2.45, 2.75) is 33.0 Å². The fourth-order valence-electron chi connectivity index (χ4n) is 3.41. The van der Waals surface area contributed by atoms with Crippen molar-refractivity contribution in [2.75, 3.05) is 0 Å². The van der Waals surface area contributed by atoms with Crippen LogP contribution in [0.1, 0.15) is 43.8 Å². The van der Waals surface area contributed by atoms with E-state index in [1.54, 1.807) is 42.5 Å². The summed E-state index contributed by atoms with van der Waals surface area (Å²) >= 11 is 1.66. The first kappa shape index (κ1) is 21.8. The van der Waals surface area contributed by atoms with E-state index < -0.39 is 5.97 Å². The summed E-state index contributed by atoms with van der Waals surface area (Å²) in [6, 6.07) is 13.6. The predicted octanol–water partition coefficient (Wildman–Crippen LogP) is 3.81. The van der Waals surface area contributed by atoms with E-state index >= 15 is 0 Å². The lowest BCUT2D eigenvalue weighted by Gasteiger charge is -2.11. The number of nitrogens with one attached hydrogen (secondary N) is 1. The standard InChI is InChI=1S/C23H22FN5O2S/c1-15-9-17(23(30)31)10-19(26-15)12-25-13-22-28-27-21(11-20-3-2-8-32-20)29(22)14-16-4-6-18(24)7-5-16/h2-10,25H,11-14H2,1H3,(H,30,31). The van der Waals surface area contributed by atoms with Crippen LogP contribution in [0, 0.1) is 12.7 Å². The summed E-state index contributed by atoms with van der Waals surface area (Å²) in [5, 5.41) is 23.3. The number of hydrogen-bond donors (Lipinski definition) is 2. The van der Waals surface area contributed by atoms with Crippen LogP contribution in [0.3, 0.4) is 0 Å². The van der Waals surface area contributed by atoms with Gasteiger partial charge in [0.1, 0.15) is 17.5 Å². The number of aryl methyl sites for hydroxylation is 1. The van der Waals surface area contributed by atoms with Crippen LogP contribution in [-0.2, 0) is 26.1 Å². The van der Waals surface area contributed by atoms with Crippen LogP contribution >= 0.6 is 11.3 Å². The van der Waals surface area contributed by atoms with Gasteiger partial charge in [-0.1, -0.05) is 18.2 Å². The van der Waals surface area contributed by atoms with Crippen molar-refractivity contribution in [1.82, 2.24) is 25.1 Å². The molecule has 0 saturated heterocycles. The molecule has 164 valence electrons. The maximum Gasteiger partial charge on any atom is 0.335 e. The zero-order chi connectivity index (χ0) is 22.5. The zero-order valence-electron chi connectivity index (χ0n) is 17.5. The van der Waals surface area contributed by atoms with Crippen LogP contribution in [0.4, 0.5) is 4.39 Å². The lowest BCUT2D eigenvalue weighted by molar-refractivity contribution is 0.0696. The molecule has 9 heteroatoms. The molecule has 4 rings (SSSR count). The SMILES string of the molecule is Cc1cc(C(=O)O)cc(CNCc2nnc(Cc3cccs3)n2Cc2ccc(F)cc2)n1. The summed E-state index contributed by atoms with van der Waals surface area (Å²) in [7, 11) is 0. The van der Waals surface area contributed by atoms with Gasteiger partial charge < -0.3 is 15.0 Å². The molecule has 2 N–H and O–H groups in total. The van der Waals surface area contributed by atoms with Gasteiger partial charge in [-0.05, 0) is 48.2 Å². The molecule has 3 heterocycles. The third kappa shape index (κ3) is 5.43. The zero-order valence-corrected chi connectivity index (χ0v) is 18.3. The van der Waals surface area contributed by atoms with E-state index in [0.29, 0.717) is 37.4 Å². The highest BCUT2D eigenvalue weighted by Gasteiger charge is 2.14. The minimum atomic E-state index is -0.978. The summed E-state index contributed by atoms with van der Waals surface area (Å²) in [4.78, 5) is 16.9. The van der Waals surface area contributed by atoms with Gasteiger partial charge in [0.05, 0.1) is 24.3 Å². The number of carboxylic acids is 1. The van der Waals surface area contributed by atoms with Crippen molar-refractivity contribution in [1.29, 1.82) is 0 Å². The van der Waals surface area contributed by atoms with E-state index in [9.17, 15) is 14.3 Å². The topological polar surface area (TPSA) is 92.9 Å². The number of thiophene rings is 1. The van der Waals surface area contributed by atoms with Gasteiger partial charge in [-0.3, -0.25) is 4.98 Å². The Balaban J connectivity index is 1.51. The predicted molar refractivity (Wildman–Crippen MR) is 119 cm³/mol. The number of aromatic carboxylic acids is 1. The normalized spacial score (nSPS) is 11.1. The van der Waals surface area contributed by atoms with Crippen molar-refractivity contribution in [2.24, 2.45) is 0 Å². The van der Waals surface area contributed by atoms with Crippen LogP contribution in [0.15, 0.2) is 53.9 Å². The van der Waals surface area contributed by atoms with Crippen LogP contribution in [0.2, 0.25) is 0 Å². The molecule has 0 radical (unpaired) electrons. The Labute approximate surface area is 188 Å². The van der Waals surface area contributed by atoms with Gasteiger partial charge in [-0.25, -0.2) is 9.18 Å². The molecule has 32 heavy (non-hydrogen) atoms. The van der Waals surface area contributed by atoms with Gasteiger partial charge in [0.2, 0.25) is 0 Å². The third-order valence-electron chi connectivity index (χ3n) is 4.91. The molecule has 0 aliphatic carbocycles. The highest BCUT2D eigenvalue weighted by atomic mass is 32.1. The second kappa shape index (κ2) is 9.80. The minimum absolute atomic E-state index is 0.215. The summed E-state index contributed by atoms with van der Waals surface area (Å²) in [5.74, 6) is 0.320. The van der Waals surface area contributed by atoms with Crippen molar-refractivity contribution in [3.05, 3.63) is 98.8 Å². The Morgan fingerprint density at radius 1 is 1.12 bits per heavy atom. The van der Waals surface area contributed by atoms with Crippen molar-refractivity contribution < 1.29 is 14.3 Å². The molecule has 0 unspecified atom stereocenters. The Hall–Kier alpha value is -3.43. The van der Waals surface area contributed by atoms with Gasteiger partial charge in [-0.15, -0.1) is 21.5 Å². The molecular weight excluding hydrogens is 429 g/mol. The molecule has 0 fully saturated rings. The lowest BCUT2D eigenvalue weighted by atomic mass is 10.2. The van der Waals surface area contributed by atoms with Gasteiger partial charge in [0.15, 0.2) is 0 Å². The second-order valence-corrected chi connectivity index (χ2v) is 8.43. The smallest absolute Gasteiger partial charge is 0.335 e. The highest BCUT2D eigenvalue weighted by molar-refractivity contribution is 7.09. The number of aromatic nitrogens is 4. The molecule has 7 nitrogen and oxygen atoms in total. The molecule has 3 aromatic heterocycles. The molecular formula is C23H22FN5O2S. The van der Waals surface area contributed by atoms with E-state index in [1.807, 2.05) is 16.0 Å². The van der Waals surface area contributed by atoms with E-state index in [-0.39, 0.29) is 11.4 Å². The lowest BCUT2D eigenvalue weighted by Crippen LogP contribution is -2.19. The highest BCUT2D eigenvalue weighted by Crippen LogP contribution is 2.17. The Kier molecular flexibility index (Phi) is 6.67. The Bertz CT molecular complexity index is 1210. The van der Waals surface area contributed by atoms with E-state index in [1.165, 1.54) is 17.0 Å². The molecule has 0 aliphatic rings.